The maximum absolute atomic E-state index is 13.1. The number of hydrogen-bond donors (Lipinski definition) is 0. The summed E-state index contributed by atoms with van der Waals surface area (Å²) in [5.41, 5.74) is 4.43. The average Bonchev–Trinajstić information content (AvgIpc) is 2.85. The van der Waals surface area contributed by atoms with Crippen LogP contribution in [0.2, 0.25) is 0 Å². The first kappa shape index (κ1) is 30.6. The van der Waals surface area contributed by atoms with E-state index >= 15 is 0 Å². The summed E-state index contributed by atoms with van der Waals surface area (Å²) in [6.45, 7) is 10.4. The molecule has 0 aromatic heterocycles. The number of ether oxygens (including phenoxy) is 3. The normalized spacial score (nSPS) is 20.5. The second-order valence-electron chi connectivity index (χ2n) is 9.95. The van der Waals surface area contributed by atoms with Crippen molar-refractivity contribution >= 4 is 27.7 Å². The topological polar surface area (TPSA) is 61.8 Å². The third-order valence-corrected chi connectivity index (χ3v) is 7.28. The number of carbonyl (C=O) groups is 2. The number of allylic oxidation sites excluding steroid dienone is 7. The molecule has 3 unspecified atom stereocenters. The molecular weight excluding hydrogens is 532 g/mol. The molecule has 0 spiro atoms. The van der Waals surface area contributed by atoms with Crippen LogP contribution >= 0.6 is 15.9 Å². The van der Waals surface area contributed by atoms with Gasteiger partial charge in [-0.25, -0.2) is 4.79 Å². The van der Waals surface area contributed by atoms with Crippen LogP contribution in [-0.2, 0) is 19.0 Å². The maximum atomic E-state index is 13.1. The number of Topliss-reactive ketones (excluding diaryl/α,β-unsaturated/α-hetero) is 1. The molecule has 2 rings (SSSR count). The van der Waals surface area contributed by atoms with Gasteiger partial charge in [0.2, 0.25) is 11.5 Å². The molecule has 1 aliphatic carbocycles. The molecule has 3 atom stereocenters. The maximum Gasteiger partial charge on any atom is 0.338 e. The van der Waals surface area contributed by atoms with Gasteiger partial charge in [-0.15, -0.1) is 0 Å². The monoisotopic (exact) mass is 572 g/mol. The van der Waals surface area contributed by atoms with E-state index in [1.165, 1.54) is 30.9 Å². The Morgan fingerprint density at radius 2 is 1.51 bits per heavy atom. The van der Waals surface area contributed by atoms with Crippen molar-refractivity contribution in [3.05, 3.63) is 80.8 Å². The van der Waals surface area contributed by atoms with Crippen LogP contribution < -0.4 is 0 Å². The molecule has 0 radical (unpaired) electrons. The number of benzene rings is 1. The zero-order valence-corrected chi connectivity index (χ0v) is 24.8. The van der Waals surface area contributed by atoms with Crippen LogP contribution in [0.1, 0.15) is 77.1 Å². The fourth-order valence-corrected chi connectivity index (χ4v) is 4.70. The van der Waals surface area contributed by atoms with Crippen molar-refractivity contribution in [3.8, 4) is 0 Å². The van der Waals surface area contributed by atoms with Crippen molar-refractivity contribution in [2.45, 2.75) is 72.8 Å². The van der Waals surface area contributed by atoms with Crippen LogP contribution in [0.15, 0.2) is 75.2 Å². The van der Waals surface area contributed by atoms with Crippen LogP contribution in [0.3, 0.4) is 0 Å². The number of halogens is 1. The van der Waals surface area contributed by atoms with Crippen molar-refractivity contribution in [1.29, 1.82) is 0 Å². The lowest BCUT2D eigenvalue weighted by Gasteiger charge is -2.36. The van der Waals surface area contributed by atoms with Gasteiger partial charge in [0, 0.05) is 16.3 Å². The van der Waals surface area contributed by atoms with Gasteiger partial charge in [-0.1, -0.05) is 57.8 Å². The average molecular weight is 574 g/mol. The molecule has 0 saturated heterocycles. The Kier molecular flexibility index (Phi) is 12.4. The Bertz CT molecular complexity index is 1060. The number of hydrogen-bond acceptors (Lipinski definition) is 5. The molecule has 0 heterocycles. The molecule has 6 heteroatoms. The molecule has 0 N–H and O–H groups in total. The minimum absolute atomic E-state index is 0.120. The highest BCUT2D eigenvalue weighted by Crippen LogP contribution is 2.38. The van der Waals surface area contributed by atoms with E-state index < -0.39 is 18.0 Å². The molecular formula is C31H41BrO5. The van der Waals surface area contributed by atoms with Crippen LogP contribution in [0, 0.1) is 11.8 Å². The largest absolute Gasteiger partial charge is 0.493 e. The summed E-state index contributed by atoms with van der Waals surface area (Å²) in [5.74, 6) is -0.879. The van der Waals surface area contributed by atoms with Crippen molar-refractivity contribution in [1.82, 2.24) is 0 Å². The zero-order valence-electron chi connectivity index (χ0n) is 23.2. The number of methoxy groups -OCH3 is 2. The highest BCUT2D eigenvalue weighted by molar-refractivity contribution is 9.10. The standard InChI is InChI=1S/C31H41BrO5/c1-20(2)10-8-11-21(3)12-9-13-22(4)14-19-26-23(5)27(33)29(35-6)30(36-7)28(26)37-31(34)24-15-17-25(32)18-16-24/h10,12,14-18,23,26,28H,8-9,11,13,19H2,1-7H3. The fraction of sp³-hybridized carbons (Fsp3) is 0.484. The van der Waals surface area contributed by atoms with Gasteiger partial charge in [-0.2, -0.15) is 0 Å². The van der Waals surface area contributed by atoms with Crippen LogP contribution in [0.5, 0.6) is 0 Å². The quantitative estimate of drug-likeness (QED) is 0.187. The highest BCUT2D eigenvalue weighted by Gasteiger charge is 2.45. The van der Waals surface area contributed by atoms with Crippen LogP contribution in [0.4, 0.5) is 0 Å². The predicted octanol–water partition coefficient (Wildman–Crippen LogP) is 8.12. The summed E-state index contributed by atoms with van der Waals surface area (Å²) < 4.78 is 17.8. The van der Waals surface area contributed by atoms with Crippen LogP contribution in [0.25, 0.3) is 0 Å². The second kappa shape index (κ2) is 15.0. The van der Waals surface area contributed by atoms with Gasteiger partial charge >= 0.3 is 5.97 Å². The molecule has 0 amide bonds. The molecule has 0 bridgehead atoms. The van der Waals surface area contributed by atoms with Gasteiger partial charge in [-0.05, 0) is 84.1 Å². The first-order valence-corrected chi connectivity index (χ1v) is 13.7. The van der Waals surface area contributed by atoms with Gasteiger partial charge in [0.1, 0.15) is 0 Å². The minimum atomic E-state index is -0.731. The summed E-state index contributed by atoms with van der Waals surface area (Å²) in [5, 5.41) is 0. The predicted molar refractivity (Wildman–Crippen MR) is 152 cm³/mol. The van der Waals surface area contributed by atoms with Crippen LogP contribution in [-0.4, -0.2) is 32.1 Å². The molecule has 202 valence electrons. The molecule has 1 aliphatic rings. The molecule has 0 saturated carbocycles. The summed E-state index contributed by atoms with van der Waals surface area (Å²) >= 11 is 3.38. The van der Waals surface area contributed by atoms with E-state index in [0.29, 0.717) is 12.0 Å². The van der Waals surface area contributed by atoms with Gasteiger partial charge < -0.3 is 14.2 Å². The molecule has 0 fully saturated rings. The Labute approximate surface area is 230 Å². The van der Waals surface area contributed by atoms with E-state index in [2.05, 4.69) is 61.9 Å². The third kappa shape index (κ3) is 9.03. The zero-order chi connectivity index (χ0) is 27.5. The molecule has 1 aromatic rings. The number of esters is 1. The lowest BCUT2D eigenvalue weighted by atomic mass is 9.77. The first-order chi connectivity index (χ1) is 17.6. The van der Waals surface area contributed by atoms with E-state index in [4.69, 9.17) is 14.2 Å². The van der Waals surface area contributed by atoms with Crippen molar-refractivity contribution in [2.24, 2.45) is 11.8 Å². The molecule has 0 aliphatic heterocycles. The second-order valence-corrected chi connectivity index (χ2v) is 10.9. The lowest BCUT2D eigenvalue weighted by Crippen LogP contribution is -2.42. The number of ketones is 1. The van der Waals surface area contributed by atoms with E-state index in [1.54, 1.807) is 24.3 Å². The van der Waals surface area contributed by atoms with Crippen molar-refractivity contribution in [3.63, 3.8) is 0 Å². The van der Waals surface area contributed by atoms with E-state index in [-0.39, 0.29) is 23.2 Å². The Morgan fingerprint density at radius 1 is 0.919 bits per heavy atom. The van der Waals surface area contributed by atoms with E-state index in [0.717, 1.165) is 30.2 Å². The fourth-order valence-electron chi connectivity index (χ4n) is 4.43. The highest BCUT2D eigenvalue weighted by atomic mass is 79.9. The summed E-state index contributed by atoms with van der Waals surface area (Å²) in [6.07, 6.45) is 10.7. The lowest BCUT2D eigenvalue weighted by molar-refractivity contribution is -0.128. The van der Waals surface area contributed by atoms with Gasteiger partial charge in [0.25, 0.3) is 0 Å². The molecule has 5 nitrogen and oxygen atoms in total. The molecule has 37 heavy (non-hydrogen) atoms. The SMILES string of the molecule is COC1=C(OC)C(OC(=O)c2ccc(Br)cc2)C(CC=C(C)CCC=C(C)CCC=C(C)C)C(C)C1=O. The van der Waals surface area contributed by atoms with Crippen molar-refractivity contribution < 1.29 is 23.8 Å². The first-order valence-electron chi connectivity index (χ1n) is 12.9. The third-order valence-electron chi connectivity index (χ3n) is 6.75. The van der Waals surface area contributed by atoms with Gasteiger partial charge in [-0.3, -0.25) is 4.79 Å². The van der Waals surface area contributed by atoms with Gasteiger partial charge in [0.15, 0.2) is 11.9 Å². The Hall–Kier alpha value is -2.60. The van der Waals surface area contributed by atoms with E-state index in [9.17, 15) is 9.59 Å². The van der Waals surface area contributed by atoms with Gasteiger partial charge in [0.05, 0.1) is 19.8 Å². The minimum Gasteiger partial charge on any atom is -0.493 e. The van der Waals surface area contributed by atoms with E-state index in [1.807, 2.05) is 6.92 Å². The molecule has 1 aromatic carbocycles. The number of rotatable bonds is 12. The summed E-state index contributed by atoms with van der Waals surface area (Å²) in [6, 6.07) is 6.98. The van der Waals surface area contributed by atoms with Crippen molar-refractivity contribution in [2.75, 3.05) is 14.2 Å². The number of carbonyl (C=O) groups excluding carboxylic acids is 2. The Balaban J connectivity index is 2.18. The smallest absolute Gasteiger partial charge is 0.338 e. The Morgan fingerprint density at radius 3 is 2.08 bits per heavy atom. The summed E-state index contributed by atoms with van der Waals surface area (Å²) in [4.78, 5) is 26.1. The summed E-state index contributed by atoms with van der Waals surface area (Å²) in [7, 11) is 2.91.